The highest BCUT2D eigenvalue weighted by Gasteiger charge is 2.19. The van der Waals surface area contributed by atoms with Crippen LogP contribution in [0.4, 0.5) is 0 Å². The van der Waals surface area contributed by atoms with Gasteiger partial charge in [0.1, 0.15) is 6.04 Å². The number of nitrogens with one attached hydrogen (secondary N) is 1. The highest BCUT2D eigenvalue weighted by molar-refractivity contribution is 7.98. The van der Waals surface area contributed by atoms with Crippen molar-refractivity contribution in [3.8, 4) is 0 Å². The minimum absolute atomic E-state index is 0.0999. The number of amides is 1. The average Bonchev–Trinajstić information content (AvgIpc) is 3.03. The fourth-order valence-electron chi connectivity index (χ4n) is 2.48. The largest absolute Gasteiger partial charge is 0.379 e. The predicted octanol–water partition coefficient (Wildman–Crippen LogP) is 1.23. The van der Waals surface area contributed by atoms with Crippen LogP contribution in [-0.2, 0) is 9.53 Å². The average molecular weight is 311 g/mol. The fourth-order valence-corrected chi connectivity index (χ4v) is 2.94. The third kappa shape index (κ3) is 5.37. The number of morpholine rings is 1. The van der Waals surface area contributed by atoms with Gasteiger partial charge in [0.15, 0.2) is 0 Å². The number of aromatic nitrogens is 1. The van der Waals surface area contributed by atoms with Gasteiger partial charge < -0.3 is 14.6 Å². The summed E-state index contributed by atoms with van der Waals surface area (Å²) in [5.74, 6) is 1.10. The van der Waals surface area contributed by atoms with Crippen molar-refractivity contribution in [2.45, 2.75) is 12.5 Å². The molecule has 1 amide bonds. The van der Waals surface area contributed by atoms with Gasteiger partial charge in [-0.25, -0.2) is 0 Å². The Hall–Kier alpha value is -0.980. The van der Waals surface area contributed by atoms with Gasteiger partial charge in [0.2, 0.25) is 5.91 Å². The Morgan fingerprint density at radius 2 is 2.05 bits per heavy atom. The van der Waals surface area contributed by atoms with Gasteiger partial charge in [-0.15, -0.1) is 0 Å². The number of thioether (sulfide) groups is 1. The molecular weight excluding hydrogens is 286 g/mol. The van der Waals surface area contributed by atoms with Crippen LogP contribution in [0.15, 0.2) is 24.5 Å². The second-order valence-electron chi connectivity index (χ2n) is 5.17. The van der Waals surface area contributed by atoms with Crippen molar-refractivity contribution >= 4 is 17.7 Å². The molecule has 2 rings (SSSR count). The van der Waals surface area contributed by atoms with Crippen molar-refractivity contribution in [1.29, 1.82) is 0 Å². The molecule has 1 saturated heterocycles. The monoisotopic (exact) mass is 311 g/mol. The molecule has 2 heterocycles. The second-order valence-corrected chi connectivity index (χ2v) is 6.16. The minimum Gasteiger partial charge on any atom is -0.379 e. The zero-order valence-electron chi connectivity index (χ0n) is 12.7. The number of rotatable bonds is 8. The summed E-state index contributed by atoms with van der Waals surface area (Å²) in [5.41, 5.74) is 0. The van der Waals surface area contributed by atoms with Gasteiger partial charge in [-0.1, -0.05) is 0 Å². The van der Waals surface area contributed by atoms with Crippen molar-refractivity contribution in [1.82, 2.24) is 14.8 Å². The van der Waals surface area contributed by atoms with E-state index in [-0.39, 0.29) is 11.9 Å². The highest BCUT2D eigenvalue weighted by Crippen LogP contribution is 2.15. The van der Waals surface area contributed by atoms with E-state index in [9.17, 15) is 4.79 Å². The molecule has 1 atom stereocenters. The lowest BCUT2D eigenvalue weighted by molar-refractivity contribution is -0.124. The fraction of sp³-hybridized carbons (Fsp3) is 0.667. The zero-order valence-corrected chi connectivity index (χ0v) is 13.5. The SMILES string of the molecule is CSCC[C@@H](C(=O)NCCN1CCOCC1)n1cccc1. The Bertz CT molecular complexity index is 405. The third-order valence-corrected chi connectivity index (χ3v) is 4.36. The van der Waals surface area contributed by atoms with Gasteiger partial charge >= 0.3 is 0 Å². The van der Waals surface area contributed by atoms with E-state index >= 15 is 0 Å². The van der Waals surface area contributed by atoms with E-state index in [1.165, 1.54) is 0 Å². The molecule has 1 aromatic heterocycles. The first kappa shape index (κ1) is 16.4. The summed E-state index contributed by atoms with van der Waals surface area (Å²) in [6.45, 7) is 5.12. The van der Waals surface area contributed by atoms with Crippen LogP contribution in [0.5, 0.6) is 0 Å². The van der Waals surface area contributed by atoms with Crippen LogP contribution in [0, 0.1) is 0 Å². The maximum Gasteiger partial charge on any atom is 0.243 e. The first-order valence-electron chi connectivity index (χ1n) is 7.50. The first-order valence-corrected chi connectivity index (χ1v) is 8.90. The molecule has 0 unspecified atom stereocenters. The van der Waals surface area contributed by atoms with Crippen molar-refractivity contribution < 1.29 is 9.53 Å². The summed E-state index contributed by atoms with van der Waals surface area (Å²) < 4.78 is 7.32. The molecule has 0 aliphatic carbocycles. The highest BCUT2D eigenvalue weighted by atomic mass is 32.2. The topological polar surface area (TPSA) is 46.5 Å². The molecule has 1 N–H and O–H groups in total. The van der Waals surface area contributed by atoms with E-state index in [0.717, 1.165) is 45.0 Å². The summed E-state index contributed by atoms with van der Waals surface area (Å²) in [6.07, 6.45) is 6.86. The maximum atomic E-state index is 12.4. The Morgan fingerprint density at radius 1 is 1.33 bits per heavy atom. The molecule has 0 radical (unpaired) electrons. The van der Waals surface area contributed by atoms with E-state index in [0.29, 0.717) is 6.54 Å². The molecule has 1 aliphatic rings. The lowest BCUT2D eigenvalue weighted by atomic mass is 10.2. The normalized spacial score (nSPS) is 17.6. The molecule has 1 aromatic rings. The number of carbonyl (C=O) groups excluding carboxylic acids is 1. The van der Waals surface area contributed by atoms with Gasteiger partial charge in [0.05, 0.1) is 13.2 Å². The van der Waals surface area contributed by atoms with E-state index in [1.54, 1.807) is 11.8 Å². The Balaban J connectivity index is 1.77. The van der Waals surface area contributed by atoms with Crippen molar-refractivity contribution in [3.63, 3.8) is 0 Å². The number of ether oxygens (including phenoxy) is 1. The number of hydrogen-bond acceptors (Lipinski definition) is 4. The maximum absolute atomic E-state index is 12.4. The molecule has 21 heavy (non-hydrogen) atoms. The van der Waals surface area contributed by atoms with Gasteiger partial charge in [-0.05, 0) is 30.6 Å². The van der Waals surface area contributed by atoms with Crippen molar-refractivity contribution in [3.05, 3.63) is 24.5 Å². The molecule has 5 nitrogen and oxygen atoms in total. The molecule has 1 aliphatic heterocycles. The summed E-state index contributed by atoms with van der Waals surface area (Å²) in [4.78, 5) is 14.7. The van der Waals surface area contributed by atoms with Gasteiger partial charge in [0.25, 0.3) is 0 Å². The van der Waals surface area contributed by atoms with Crippen LogP contribution in [0.3, 0.4) is 0 Å². The van der Waals surface area contributed by atoms with Crippen LogP contribution < -0.4 is 5.32 Å². The van der Waals surface area contributed by atoms with E-state index < -0.39 is 0 Å². The Kier molecular flexibility index (Phi) is 7.12. The Labute approximate surface area is 131 Å². The predicted molar refractivity (Wildman–Crippen MR) is 86.7 cm³/mol. The summed E-state index contributed by atoms with van der Waals surface area (Å²) in [5, 5.41) is 3.08. The third-order valence-electron chi connectivity index (χ3n) is 3.72. The van der Waals surface area contributed by atoms with E-state index in [1.807, 2.05) is 29.1 Å². The molecule has 0 bridgehead atoms. The molecule has 1 fully saturated rings. The molecule has 0 saturated carbocycles. The summed E-state index contributed by atoms with van der Waals surface area (Å²) in [7, 11) is 0. The van der Waals surface area contributed by atoms with Crippen molar-refractivity contribution in [2.75, 3.05) is 51.4 Å². The first-order chi connectivity index (χ1) is 10.3. The molecule has 118 valence electrons. The van der Waals surface area contributed by atoms with Crippen LogP contribution in [0.1, 0.15) is 12.5 Å². The van der Waals surface area contributed by atoms with Gasteiger partial charge in [0, 0.05) is 38.6 Å². The summed E-state index contributed by atoms with van der Waals surface area (Å²) in [6, 6.07) is 3.83. The van der Waals surface area contributed by atoms with Gasteiger partial charge in [-0.3, -0.25) is 9.69 Å². The van der Waals surface area contributed by atoms with Crippen LogP contribution in [0.25, 0.3) is 0 Å². The standard InChI is InChI=1S/C15H25N3O2S/c1-21-13-4-14(18-6-2-3-7-18)15(19)16-5-8-17-9-11-20-12-10-17/h2-3,6-7,14H,4-5,8-13H2,1H3,(H,16,19)/t14-/m0/s1. The van der Waals surface area contributed by atoms with E-state index in [4.69, 9.17) is 4.74 Å². The lowest BCUT2D eigenvalue weighted by Gasteiger charge is -2.27. The minimum atomic E-state index is -0.0999. The second kappa shape index (κ2) is 9.12. The number of carbonyl (C=O) groups is 1. The number of nitrogens with zero attached hydrogens (tertiary/aromatic N) is 2. The van der Waals surface area contributed by atoms with Crippen LogP contribution in [0.2, 0.25) is 0 Å². The smallest absolute Gasteiger partial charge is 0.243 e. The van der Waals surface area contributed by atoms with Gasteiger partial charge in [-0.2, -0.15) is 11.8 Å². The van der Waals surface area contributed by atoms with Crippen LogP contribution in [-0.4, -0.2) is 66.8 Å². The molecule has 0 aromatic carbocycles. The molecular formula is C15H25N3O2S. The van der Waals surface area contributed by atoms with Crippen molar-refractivity contribution in [2.24, 2.45) is 0 Å². The van der Waals surface area contributed by atoms with E-state index in [2.05, 4.69) is 16.5 Å². The summed E-state index contributed by atoms with van der Waals surface area (Å²) >= 11 is 1.78. The molecule has 0 spiro atoms. The zero-order chi connectivity index (χ0) is 14.9. The number of hydrogen-bond donors (Lipinski definition) is 1. The quantitative estimate of drug-likeness (QED) is 0.784. The lowest BCUT2D eigenvalue weighted by Crippen LogP contribution is -2.42. The van der Waals surface area contributed by atoms with Crippen LogP contribution >= 0.6 is 11.8 Å². The molecule has 6 heteroatoms. The Morgan fingerprint density at radius 3 is 2.71 bits per heavy atom.